The number of hydrogen-bond acceptors (Lipinski definition) is 3. The summed E-state index contributed by atoms with van der Waals surface area (Å²) < 4.78 is 0. The lowest BCUT2D eigenvalue weighted by Gasteiger charge is -1.98. The van der Waals surface area contributed by atoms with Gasteiger partial charge in [-0.2, -0.15) is 4.99 Å². The van der Waals surface area contributed by atoms with Gasteiger partial charge in [0.1, 0.15) is 0 Å². The van der Waals surface area contributed by atoms with Crippen molar-refractivity contribution in [1.82, 2.24) is 4.98 Å². The van der Waals surface area contributed by atoms with Gasteiger partial charge in [-0.15, -0.1) is 0 Å². The van der Waals surface area contributed by atoms with Crippen molar-refractivity contribution in [3.63, 3.8) is 0 Å². The van der Waals surface area contributed by atoms with Crippen LogP contribution in [0.15, 0.2) is 23.3 Å². The molecule has 0 unspecified atom stereocenters. The van der Waals surface area contributed by atoms with Crippen LogP contribution < -0.4 is 0 Å². The maximum Gasteiger partial charge on any atom is 0.165 e. The monoisotopic (exact) mass is 176 g/mol. The van der Waals surface area contributed by atoms with Crippen LogP contribution in [-0.4, -0.2) is 10.1 Å². The lowest BCUT2D eigenvalue weighted by molar-refractivity contribution is 1.09. The topological polar surface area (TPSA) is 25.2 Å². The van der Waals surface area contributed by atoms with Crippen LogP contribution in [0.4, 0.5) is 5.82 Å². The standard InChI is InChI=1S/C9H8N2S/c12-6-11-9-8(7-3-4-7)2-1-5-10-9/h1-2,5,7H,3-4H2. The molecule has 0 atom stereocenters. The van der Waals surface area contributed by atoms with E-state index in [4.69, 9.17) is 0 Å². The zero-order valence-corrected chi connectivity index (χ0v) is 7.34. The van der Waals surface area contributed by atoms with E-state index >= 15 is 0 Å². The Hall–Kier alpha value is -1.05. The van der Waals surface area contributed by atoms with Crippen molar-refractivity contribution < 1.29 is 0 Å². The number of thiocarbonyl (C=S) groups is 1. The van der Waals surface area contributed by atoms with Gasteiger partial charge in [0, 0.05) is 11.8 Å². The summed E-state index contributed by atoms with van der Waals surface area (Å²) >= 11 is 4.54. The summed E-state index contributed by atoms with van der Waals surface area (Å²) in [4.78, 5) is 8.06. The van der Waals surface area contributed by atoms with Crippen LogP contribution in [0.5, 0.6) is 0 Å². The highest BCUT2D eigenvalue weighted by molar-refractivity contribution is 7.78. The Morgan fingerprint density at radius 3 is 3.08 bits per heavy atom. The van der Waals surface area contributed by atoms with Gasteiger partial charge in [-0.1, -0.05) is 6.07 Å². The van der Waals surface area contributed by atoms with Crippen LogP contribution in [0.3, 0.4) is 0 Å². The molecule has 60 valence electrons. The van der Waals surface area contributed by atoms with Crippen LogP contribution in [0.2, 0.25) is 0 Å². The molecular weight excluding hydrogens is 168 g/mol. The van der Waals surface area contributed by atoms with Gasteiger partial charge in [0.25, 0.3) is 0 Å². The van der Waals surface area contributed by atoms with E-state index in [1.165, 1.54) is 18.4 Å². The smallest absolute Gasteiger partial charge is 0.165 e. The number of nitrogens with zero attached hydrogens (tertiary/aromatic N) is 2. The SMILES string of the molecule is S=C=Nc1ncccc1C1CC1. The number of pyridine rings is 1. The van der Waals surface area contributed by atoms with E-state index in [0.29, 0.717) is 5.92 Å². The van der Waals surface area contributed by atoms with Gasteiger partial charge in [0.05, 0.1) is 5.16 Å². The molecule has 0 saturated heterocycles. The Balaban J connectivity index is 2.42. The fraction of sp³-hybridized carbons (Fsp3) is 0.333. The number of hydrogen-bond donors (Lipinski definition) is 0. The van der Waals surface area contributed by atoms with Crippen molar-refractivity contribution in [2.45, 2.75) is 18.8 Å². The van der Waals surface area contributed by atoms with Crippen LogP contribution in [0.25, 0.3) is 0 Å². The van der Waals surface area contributed by atoms with Crippen molar-refractivity contribution in [3.05, 3.63) is 23.9 Å². The fourth-order valence-corrected chi connectivity index (χ4v) is 1.35. The molecule has 0 spiro atoms. The molecule has 3 heteroatoms. The zero-order valence-electron chi connectivity index (χ0n) is 6.53. The Morgan fingerprint density at radius 1 is 1.58 bits per heavy atom. The van der Waals surface area contributed by atoms with Gasteiger partial charge in [0.15, 0.2) is 5.82 Å². The molecule has 0 bridgehead atoms. The molecule has 1 heterocycles. The van der Waals surface area contributed by atoms with Crippen molar-refractivity contribution in [2.24, 2.45) is 4.99 Å². The minimum atomic E-state index is 0.667. The first kappa shape index (κ1) is 7.59. The molecule has 2 rings (SSSR count). The van der Waals surface area contributed by atoms with Crippen LogP contribution in [-0.2, 0) is 0 Å². The highest BCUT2D eigenvalue weighted by Crippen LogP contribution is 2.43. The average molecular weight is 176 g/mol. The first-order valence-electron chi connectivity index (χ1n) is 3.94. The quantitative estimate of drug-likeness (QED) is 0.511. The van der Waals surface area contributed by atoms with E-state index in [-0.39, 0.29) is 0 Å². The van der Waals surface area contributed by atoms with Crippen LogP contribution in [0, 0.1) is 0 Å². The molecule has 12 heavy (non-hydrogen) atoms. The molecule has 1 saturated carbocycles. The lowest BCUT2D eigenvalue weighted by Crippen LogP contribution is -1.82. The Bertz CT molecular complexity index is 338. The molecule has 0 radical (unpaired) electrons. The second-order valence-corrected chi connectivity index (χ2v) is 3.08. The summed E-state index contributed by atoms with van der Waals surface area (Å²) in [6, 6.07) is 4.01. The highest BCUT2D eigenvalue weighted by atomic mass is 32.1. The van der Waals surface area contributed by atoms with Gasteiger partial charge < -0.3 is 0 Å². The van der Waals surface area contributed by atoms with Gasteiger partial charge in [0.2, 0.25) is 0 Å². The number of aromatic nitrogens is 1. The average Bonchev–Trinajstić information content (AvgIpc) is 2.89. The third-order valence-corrected chi connectivity index (χ3v) is 2.08. The first-order chi connectivity index (χ1) is 5.92. The molecule has 1 aromatic heterocycles. The summed E-state index contributed by atoms with van der Waals surface area (Å²) in [7, 11) is 0. The van der Waals surface area contributed by atoms with Crippen molar-refractivity contribution in [2.75, 3.05) is 0 Å². The van der Waals surface area contributed by atoms with E-state index in [9.17, 15) is 0 Å². The largest absolute Gasteiger partial charge is 0.236 e. The van der Waals surface area contributed by atoms with Crippen molar-refractivity contribution in [3.8, 4) is 0 Å². The van der Waals surface area contributed by atoms with Gasteiger partial charge in [-0.05, 0) is 37.0 Å². The van der Waals surface area contributed by atoms with Crippen LogP contribution in [0.1, 0.15) is 24.3 Å². The molecule has 0 aromatic carbocycles. The first-order valence-corrected chi connectivity index (χ1v) is 4.35. The van der Waals surface area contributed by atoms with E-state index in [2.05, 4.69) is 33.4 Å². The van der Waals surface area contributed by atoms with Crippen LogP contribution >= 0.6 is 12.2 Å². The second kappa shape index (κ2) is 3.13. The maximum atomic E-state index is 4.54. The highest BCUT2D eigenvalue weighted by Gasteiger charge is 2.26. The number of isothiocyanates is 1. The van der Waals surface area contributed by atoms with E-state index in [0.717, 1.165) is 5.82 Å². The maximum absolute atomic E-state index is 4.54. The second-order valence-electron chi connectivity index (χ2n) is 2.89. The molecule has 0 N–H and O–H groups in total. The molecule has 1 aliphatic carbocycles. The molecule has 1 aromatic rings. The minimum absolute atomic E-state index is 0.667. The number of aliphatic imine (C=N–C) groups is 1. The number of rotatable bonds is 2. The van der Waals surface area contributed by atoms with E-state index in [1.807, 2.05) is 6.07 Å². The van der Waals surface area contributed by atoms with Crippen molar-refractivity contribution >= 4 is 23.2 Å². The summed E-state index contributed by atoms with van der Waals surface area (Å²) in [6.45, 7) is 0. The summed E-state index contributed by atoms with van der Waals surface area (Å²) in [6.07, 6.45) is 4.24. The Morgan fingerprint density at radius 2 is 2.42 bits per heavy atom. The molecule has 0 amide bonds. The predicted molar refractivity (Wildman–Crippen MR) is 50.9 cm³/mol. The Labute approximate surface area is 76.4 Å². The van der Waals surface area contributed by atoms with Crippen molar-refractivity contribution in [1.29, 1.82) is 0 Å². The minimum Gasteiger partial charge on any atom is -0.236 e. The third-order valence-electron chi connectivity index (χ3n) is 1.99. The van der Waals surface area contributed by atoms with Gasteiger partial charge in [-0.25, -0.2) is 4.98 Å². The molecule has 1 aliphatic rings. The summed E-state index contributed by atoms with van der Waals surface area (Å²) in [5.74, 6) is 1.41. The lowest BCUT2D eigenvalue weighted by atomic mass is 10.2. The zero-order chi connectivity index (χ0) is 8.39. The van der Waals surface area contributed by atoms with E-state index in [1.54, 1.807) is 6.20 Å². The predicted octanol–water partition coefficient (Wildman–Crippen LogP) is 2.69. The summed E-state index contributed by atoms with van der Waals surface area (Å²) in [5, 5.41) is 2.35. The van der Waals surface area contributed by atoms with E-state index < -0.39 is 0 Å². The third kappa shape index (κ3) is 1.42. The molecule has 1 fully saturated rings. The van der Waals surface area contributed by atoms with Gasteiger partial charge >= 0.3 is 0 Å². The molecule has 2 nitrogen and oxygen atoms in total. The normalized spacial score (nSPS) is 15.3. The summed E-state index contributed by atoms with van der Waals surface area (Å²) in [5.41, 5.74) is 1.22. The van der Waals surface area contributed by atoms with Gasteiger partial charge in [-0.3, -0.25) is 0 Å². The fourth-order valence-electron chi connectivity index (χ4n) is 1.26. The molecule has 0 aliphatic heterocycles. The Kier molecular flexibility index (Phi) is 1.98. The molecular formula is C9H8N2S.